The first-order valence-electron chi connectivity index (χ1n) is 4.20. The molecule has 0 spiro atoms. The fourth-order valence-corrected chi connectivity index (χ4v) is 2.99. The second kappa shape index (κ2) is 6.87. The van der Waals surface area contributed by atoms with Crippen LogP contribution in [0.2, 0.25) is 0 Å². The van der Waals surface area contributed by atoms with Crippen LogP contribution in [0.1, 0.15) is 19.3 Å². The van der Waals surface area contributed by atoms with E-state index in [2.05, 4.69) is 30.1 Å². The third-order valence-electron chi connectivity index (χ3n) is 1.54. The summed E-state index contributed by atoms with van der Waals surface area (Å²) in [7, 11) is 0. The molecule has 1 aromatic heterocycles. The third kappa shape index (κ3) is 4.43. The van der Waals surface area contributed by atoms with Crippen molar-refractivity contribution in [3.05, 3.63) is 17.5 Å². The van der Waals surface area contributed by atoms with Crippen LogP contribution in [0, 0.1) is 0 Å². The molecule has 0 N–H and O–H groups in total. The van der Waals surface area contributed by atoms with Gasteiger partial charge in [-0.25, -0.2) is 0 Å². The van der Waals surface area contributed by atoms with Gasteiger partial charge in [0.2, 0.25) is 0 Å². The maximum Gasteiger partial charge on any atom is 0.0598 e. The first-order valence-corrected chi connectivity index (χ1v) is 6.70. The number of hydrogen-bond acceptors (Lipinski definition) is 3. The minimum atomic E-state index is 1.03. The lowest BCUT2D eigenvalue weighted by atomic mass is 10.3. The molecule has 1 aromatic rings. The molecule has 0 amide bonds. The lowest BCUT2D eigenvalue weighted by Gasteiger charge is -1.97. The number of thiophene rings is 1. The zero-order valence-corrected chi connectivity index (χ0v) is 9.56. The van der Waals surface area contributed by atoms with Crippen LogP contribution in [-0.2, 0) is 0 Å². The monoisotopic (exact) mass is 218 g/mol. The molecule has 3 heteroatoms. The van der Waals surface area contributed by atoms with Gasteiger partial charge >= 0.3 is 0 Å². The van der Waals surface area contributed by atoms with Gasteiger partial charge in [-0.2, -0.15) is 12.6 Å². The molecule has 68 valence electrons. The smallest absolute Gasteiger partial charge is 0.0598 e. The predicted molar refractivity (Wildman–Crippen MR) is 62.7 cm³/mol. The zero-order valence-electron chi connectivity index (χ0n) is 7.03. The van der Waals surface area contributed by atoms with Crippen LogP contribution in [0.15, 0.2) is 21.7 Å². The van der Waals surface area contributed by atoms with Crippen molar-refractivity contribution in [1.29, 1.82) is 0 Å². The van der Waals surface area contributed by atoms with Crippen LogP contribution in [-0.4, -0.2) is 11.5 Å². The van der Waals surface area contributed by atoms with Crippen LogP contribution in [0.3, 0.4) is 0 Å². The predicted octanol–water partition coefficient (Wildman–Crippen LogP) is 3.94. The number of thiol groups is 1. The molecule has 0 radical (unpaired) electrons. The summed E-state index contributed by atoms with van der Waals surface area (Å²) in [6.45, 7) is 0. The summed E-state index contributed by atoms with van der Waals surface area (Å²) in [6.07, 6.45) is 3.90. The van der Waals surface area contributed by atoms with Gasteiger partial charge in [0, 0.05) is 0 Å². The summed E-state index contributed by atoms with van der Waals surface area (Å²) >= 11 is 7.98. The molecule has 0 fully saturated rings. The van der Waals surface area contributed by atoms with E-state index in [0.29, 0.717) is 0 Å². The number of unbranched alkanes of at least 4 members (excludes halogenated alkanes) is 2. The van der Waals surface area contributed by atoms with Gasteiger partial charge in [0.25, 0.3) is 0 Å². The Kier molecular flexibility index (Phi) is 6.00. The normalized spacial score (nSPS) is 10.4. The standard InChI is InChI=1S/C9H14S3/c10-6-2-1-3-7-11-9-5-4-8-12-9/h4-5,8,10H,1-3,6-7H2. The summed E-state index contributed by atoms with van der Waals surface area (Å²) in [5, 5.41) is 2.13. The van der Waals surface area contributed by atoms with E-state index in [0.717, 1.165) is 5.75 Å². The highest BCUT2D eigenvalue weighted by molar-refractivity contribution is 8.01. The number of hydrogen-bond donors (Lipinski definition) is 1. The van der Waals surface area contributed by atoms with Gasteiger partial charge in [0.15, 0.2) is 0 Å². The third-order valence-corrected chi connectivity index (χ3v) is 4.08. The van der Waals surface area contributed by atoms with E-state index < -0.39 is 0 Å². The lowest BCUT2D eigenvalue weighted by molar-refractivity contribution is 0.787. The first kappa shape index (κ1) is 10.5. The maximum absolute atomic E-state index is 4.18. The topological polar surface area (TPSA) is 0 Å². The van der Waals surface area contributed by atoms with Gasteiger partial charge in [-0.1, -0.05) is 12.5 Å². The summed E-state index contributed by atoms with van der Waals surface area (Å²) in [5.74, 6) is 2.29. The fourth-order valence-electron chi connectivity index (χ4n) is 0.909. The van der Waals surface area contributed by atoms with E-state index in [9.17, 15) is 0 Å². The lowest BCUT2D eigenvalue weighted by Crippen LogP contribution is -1.80. The Morgan fingerprint density at radius 1 is 1.33 bits per heavy atom. The van der Waals surface area contributed by atoms with Crippen molar-refractivity contribution >= 4 is 35.7 Å². The molecule has 0 aromatic carbocycles. The molecule has 0 nitrogen and oxygen atoms in total. The Hall–Kier alpha value is 0.400. The van der Waals surface area contributed by atoms with Crippen molar-refractivity contribution in [2.24, 2.45) is 0 Å². The highest BCUT2D eigenvalue weighted by atomic mass is 32.2. The zero-order chi connectivity index (χ0) is 8.65. The molecule has 0 aliphatic heterocycles. The molecule has 0 aliphatic rings. The maximum atomic E-state index is 4.18. The van der Waals surface area contributed by atoms with Gasteiger partial charge in [0.1, 0.15) is 0 Å². The van der Waals surface area contributed by atoms with E-state index in [1.54, 1.807) is 0 Å². The minimum absolute atomic E-state index is 1.03. The van der Waals surface area contributed by atoms with Gasteiger partial charge < -0.3 is 0 Å². The Bertz CT molecular complexity index is 182. The van der Waals surface area contributed by atoms with E-state index in [4.69, 9.17) is 0 Å². The fraction of sp³-hybridized carbons (Fsp3) is 0.556. The second-order valence-electron chi connectivity index (χ2n) is 2.56. The molecule has 12 heavy (non-hydrogen) atoms. The Balaban J connectivity index is 1.96. The molecule has 0 saturated heterocycles. The highest BCUT2D eigenvalue weighted by Gasteiger charge is 1.93. The average Bonchev–Trinajstić information content (AvgIpc) is 2.57. The SMILES string of the molecule is SCCCCCSc1cccs1. The van der Waals surface area contributed by atoms with Crippen LogP contribution < -0.4 is 0 Å². The molecule has 1 rings (SSSR count). The molecule has 0 aliphatic carbocycles. The quantitative estimate of drug-likeness (QED) is 0.429. The molecule has 0 bridgehead atoms. The van der Waals surface area contributed by atoms with E-state index in [1.165, 1.54) is 29.2 Å². The number of thioether (sulfide) groups is 1. The Morgan fingerprint density at radius 2 is 2.25 bits per heavy atom. The summed E-state index contributed by atoms with van der Waals surface area (Å²) in [4.78, 5) is 0. The van der Waals surface area contributed by atoms with Gasteiger partial charge in [-0.15, -0.1) is 23.1 Å². The van der Waals surface area contributed by atoms with Crippen molar-refractivity contribution in [2.45, 2.75) is 23.5 Å². The number of rotatable bonds is 6. The van der Waals surface area contributed by atoms with Crippen molar-refractivity contribution in [1.82, 2.24) is 0 Å². The summed E-state index contributed by atoms with van der Waals surface area (Å²) in [6, 6.07) is 4.30. The largest absolute Gasteiger partial charge is 0.179 e. The molecule has 0 saturated carbocycles. The molecule has 1 heterocycles. The first-order chi connectivity index (χ1) is 5.93. The highest BCUT2D eigenvalue weighted by Crippen LogP contribution is 2.24. The van der Waals surface area contributed by atoms with Crippen LogP contribution >= 0.6 is 35.7 Å². The Labute approximate surface area is 88.2 Å². The van der Waals surface area contributed by atoms with Crippen molar-refractivity contribution in [2.75, 3.05) is 11.5 Å². The van der Waals surface area contributed by atoms with Crippen LogP contribution in [0.4, 0.5) is 0 Å². The Morgan fingerprint density at radius 3 is 2.92 bits per heavy atom. The van der Waals surface area contributed by atoms with Crippen molar-refractivity contribution in [3.63, 3.8) is 0 Å². The van der Waals surface area contributed by atoms with Gasteiger partial charge in [0.05, 0.1) is 4.21 Å². The molecular weight excluding hydrogens is 204 g/mol. The second-order valence-corrected chi connectivity index (χ2v) is 5.35. The van der Waals surface area contributed by atoms with Crippen LogP contribution in [0.25, 0.3) is 0 Å². The molecule has 0 atom stereocenters. The van der Waals surface area contributed by atoms with E-state index in [-0.39, 0.29) is 0 Å². The van der Waals surface area contributed by atoms with Crippen molar-refractivity contribution < 1.29 is 0 Å². The van der Waals surface area contributed by atoms with Crippen LogP contribution in [0.5, 0.6) is 0 Å². The van der Waals surface area contributed by atoms with Gasteiger partial charge in [-0.05, 0) is 35.8 Å². The summed E-state index contributed by atoms with van der Waals surface area (Å²) < 4.78 is 1.45. The van der Waals surface area contributed by atoms with E-state index in [1.807, 2.05) is 23.1 Å². The van der Waals surface area contributed by atoms with Gasteiger partial charge in [-0.3, -0.25) is 0 Å². The minimum Gasteiger partial charge on any atom is -0.179 e. The molecule has 0 unspecified atom stereocenters. The van der Waals surface area contributed by atoms with E-state index >= 15 is 0 Å². The molecular formula is C9H14S3. The average molecular weight is 218 g/mol. The van der Waals surface area contributed by atoms with Crippen molar-refractivity contribution in [3.8, 4) is 0 Å². The summed E-state index contributed by atoms with van der Waals surface area (Å²) in [5.41, 5.74) is 0.